The van der Waals surface area contributed by atoms with Crippen LogP contribution < -0.4 is 9.47 Å². The van der Waals surface area contributed by atoms with Crippen LogP contribution in [0.2, 0.25) is 0 Å². The standard InChI is InChI=1S/C19H23F3N2O6/c1-28-14-4-12(5-15(7-14)29-2)8-23(10-17(26)30-3)18(27)13-6-16(25)24(9-13)11-19(20,21)22/h4-5,7,13H,6,8-11H2,1-3H3. The van der Waals surface area contributed by atoms with Crippen LogP contribution in [-0.2, 0) is 25.7 Å². The first-order valence-corrected chi connectivity index (χ1v) is 8.98. The van der Waals surface area contributed by atoms with E-state index in [9.17, 15) is 27.6 Å². The highest BCUT2D eigenvalue weighted by Crippen LogP contribution is 2.27. The second-order valence-corrected chi connectivity index (χ2v) is 6.78. The summed E-state index contributed by atoms with van der Waals surface area (Å²) in [6.07, 6.45) is -4.91. The topological polar surface area (TPSA) is 85.4 Å². The lowest BCUT2D eigenvalue weighted by molar-refractivity contribution is -0.157. The number of esters is 1. The third-order valence-electron chi connectivity index (χ3n) is 4.58. The Morgan fingerprint density at radius 1 is 1.13 bits per heavy atom. The first-order chi connectivity index (χ1) is 14.1. The zero-order chi connectivity index (χ0) is 22.5. The molecule has 1 aliphatic heterocycles. The van der Waals surface area contributed by atoms with Gasteiger partial charge in [0.2, 0.25) is 11.8 Å². The predicted molar refractivity (Wildman–Crippen MR) is 97.7 cm³/mol. The van der Waals surface area contributed by atoms with Crippen LogP contribution in [0.1, 0.15) is 12.0 Å². The molecule has 1 unspecified atom stereocenters. The number of rotatable bonds is 8. The fourth-order valence-electron chi connectivity index (χ4n) is 3.18. The normalized spacial score (nSPS) is 16.4. The van der Waals surface area contributed by atoms with Crippen molar-refractivity contribution in [1.29, 1.82) is 0 Å². The number of carbonyl (C=O) groups is 3. The van der Waals surface area contributed by atoms with E-state index in [4.69, 9.17) is 9.47 Å². The Morgan fingerprint density at radius 3 is 2.23 bits per heavy atom. The Bertz CT molecular complexity index is 777. The van der Waals surface area contributed by atoms with E-state index in [0.717, 1.165) is 12.0 Å². The van der Waals surface area contributed by atoms with Gasteiger partial charge in [0, 0.05) is 25.6 Å². The van der Waals surface area contributed by atoms with Gasteiger partial charge in [0.05, 0.1) is 27.2 Å². The van der Waals surface area contributed by atoms with Crippen molar-refractivity contribution in [2.75, 3.05) is 41.0 Å². The molecular formula is C19H23F3N2O6. The van der Waals surface area contributed by atoms with Gasteiger partial charge in [-0.1, -0.05) is 0 Å². The second kappa shape index (κ2) is 9.68. The average molecular weight is 432 g/mol. The number of ether oxygens (including phenoxy) is 3. The molecule has 0 N–H and O–H groups in total. The lowest BCUT2D eigenvalue weighted by Gasteiger charge is -2.25. The van der Waals surface area contributed by atoms with Crippen LogP contribution in [0.15, 0.2) is 18.2 Å². The molecule has 2 rings (SSSR count). The monoisotopic (exact) mass is 432 g/mol. The molecule has 11 heteroatoms. The maximum absolute atomic E-state index is 13.0. The van der Waals surface area contributed by atoms with Crippen molar-refractivity contribution in [1.82, 2.24) is 9.80 Å². The Morgan fingerprint density at radius 2 is 1.73 bits per heavy atom. The molecular weight excluding hydrogens is 409 g/mol. The molecule has 1 aromatic carbocycles. The molecule has 0 aromatic heterocycles. The highest BCUT2D eigenvalue weighted by molar-refractivity contribution is 5.90. The molecule has 2 amide bonds. The largest absolute Gasteiger partial charge is 0.497 e. The Labute approximate surface area is 171 Å². The van der Waals surface area contributed by atoms with Crippen molar-refractivity contribution in [3.8, 4) is 11.5 Å². The smallest absolute Gasteiger partial charge is 0.406 e. The lowest BCUT2D eigenvalue weighted by atomic mass is 10.1. The number of carbonyl (C=O) groups excluding carboxylic acids is 3. The van der Waals surface area contributed by atoms with Gasteiger partial charge in [-0.15, -0.1) is 0 Å². The molecule has 0 radical (unpaired) electrons. The van der Waals surface area contributed by atoms with Gasteiger partial charge in [0.25, 0.3) is 0 Å². The maximum Gasteiger partial charge on any atom is 0.406 e. The number of likely N-dealkylation sites (tertiary alicyclic amines) is 1. The average Bonchev–Trinajstić information content (AvgIpc) is 3.04. The van der Waals surface area contributed by atoms with Crippen molar-refractivity contribution < 1.29 is 41.8 Å². The molecule has 8 nitrogen and oxygen atoms in total. The summed E-state index contributed by atoms with van der Waals surface area (Å²) in [6, 6.07) is 4.90. The van der Waals surface area contributed by atoms with Crippen LogP contribution in [-0.4, -0.2) is 74.7 Å². The summed E-state index contributed by atoms with van der Waals surface area (Å²) in [5.41, 5.74) is 0.569. The van der Waals surface area contributed by atoms with Gasteiger partial charge in [0.1, 0.15) is 24.6 Å². The van der Waals surface area contributed by atoms with Crippen molar-refractivity contribution >= 4 is 17.8 Å². The number of benzene rings is 1. The summed E-state index contributed by atoms with van der Waals surface area (Å²) >= 11 is 0. The number of halogens is 3. The predicted octanol–water partition coefficient (Wildman–Crippen LogP) is 1.62. The van der Waals surface area contributed by atoms with Gasteiger partial charge in [-0.25, -0.2) is 0 Å². The quantitative estimate of drug-likeness (QED) is 0.581. The minimum absolute atomic E-state index is 0.0501. The van der Waals surface area contributed by atoms with Crippen molar-refractivity contribution in [3.63, 3.8) is 0 Å². The van der Waals surface area contributed by atoms with Crippen molar-refractivity contribution in [2.24, 2.45) is 5.92 Å². The second-order valence-electron chi connectivity index (χ2n) is 6.78. The Hall–Kier alpha value is -2.98. The number of hydrogen-bond acceptors (Lipinski definition) is 6. The fourth-order valence-corrected chi connectivity index (χ4v) is 3.18. The molecule has 1 fully saturated rings. The zero-order valence-electron chi connectivity index (χ0n) is 16.8. The number of alkyl halides is 3. The van der Waals surface area contributed by atoms with E-state index >= 15 is 0 Å². The molecule has 0 saturated carbocycles. The van der Waals surface area contributed by atoms with E-state index in [2.05, 4.69) is 4.74 Å². The summed E-state index contributed by atoms with van der Waals surface area (Å²) in [5.74, 6) is -2.14. The molecule has 30 heavy (non-hydrogen) atoms. The molecule has 1 aromatic rings. The van der Waals surface area contributed by atoms with Gasteiger partial charge in [-0.05, 0) is 17.7 Å². The van der Waals surface area contributed by atoms with Gasteiger partial charge in [-0.2, -0.15) is 13.2 Å². The molecule has 1 aliphatic rings. The SMILES string of the molecule is COC(=O)CN(Cc1cc(OC)cc(OC)c1)C(=O)C1CC(=O)N(CC(F)(F)F)C1. The molecule has 0 aliphatic carbocycles. The third kappa shape index (κ3) is 6.26. The van der Waals surface area contributed by atoms with Crippen LogP contribution in [0.4, 0.5) is 13.2 Å². The van der Waals surface area contributed by atoms with E-state index in [1.165, 1.54) is 14.2 Å². The van der Waals surface area contributed by atoms with Crippen molar-refractivity contribution in [2.45, 2.75) is 19.1 Å². The van der Waals surface area contributed by atoms with Crippen LogP contribution >= 0.6 is 0 Å². The first-order valence-electron chi connectivity index (χ1n) is 8.98. The van der Waals surface area contributed by atoms with E-state index in [-0.39, 0.29) is 19.5 Å². The number of amides is 2. The van der Waals surface area contributed by atoms with E-state index in [0.29, 0.717) is 22.0 Å². The molecule has 166 valence electrons. The third-order valence-corrected chi connectivity index (χ3v) is 4.58. The molecule has 1 heterocycles. The van der Waals surface area contributed by atoms with Crippen LogP contribution in [0.5, 0.6) is 11.5 Å². The first kappa shape index (κ1) is 23.3. The van der Waals surface area contributed by atoms with E-state index in [1.54, 1.807) is 18.2 Å². The summed E-state index contributed by atoms with van der Waals surface area (Å²) in [5, 5.41) is 0. The van der Waals surface area contributed by atoms with Crippen LogP contribution in [0.25, 0.3) is 0 Å². The fraction of sp³-hybridized carbons (Fsp3) is 0.526. The van der Waals surface area contributed by atoms with E-state index in [1.807, 2.05) is 0 Å². The minimum atomic E-state index is -4.56. The number of hydrogen-bond donors (Lipinski definition) is 0. The number of methoxy groups -OCH3 is 3. The summed E-state index contributed by atoms with van der Waals surface area (Å²) in [6.45, 7) is -2.25. The highest BCUT2D eigenvalue weighted by atomic mass is 19.4. The summed E-state index contributed by atoms with van der Waals surface area (Å²) in [4.78, 5) is 38.4. The molecule has 1 atom stereocenters. The molecule has 1 saturated heterocycles. The van der Waals surface area contributed by atoms with Gasteiger partial charge in [-0.3, -0.25) is 14.4 Å². The molecule has 0 spiro atoms. The van der Waals surface area contributed by atoms with Gasteiger partial charge >= 0.3 is 12.1 Å². The Balaban J connectivity index is 2.21. The maximum atomic E-state index is 13.0. The summed E-state index contributed by atoms with van der Waals surface area (Å²) in [7, 11) is 4.06. The van der Waals surface area contributed by atoms with Crippen molar-refractivity contribution in [3.05, 3.63) is 23.8 Å². The van der Waals surface area contributed by atoms with E-state index < -0.39 is 43.0 Å². The van der Waals surface area contributed by atoms with Crippen LogP contribution in [0, 0.1) is 5.92 Å². The zero-order valence-corrected chi connectivity index (χ0v) is 16.8. The minimum Gasteiger partial charge on any atom is -0.497 e. The highest BCUT2D eigenvalue weighted by Gasteiger charge is 2.42. The summed E-state index contributed by atoms with van der Waals surface area (Å²) < 4.78 is 52.9. The van der Waals surface area contributed by atoms with Gasteiger partial charge in [0.15, 0.2) is 0 Å². The van der Waals surface area contributed by atoms with Crippen LogP contribution in [0.3, 0.4) is 0 Å². The Kier molecular flexibility index (Phi) is 7.52. The lowest BCUT2D eigenvalue weighted by Crippen LogP contribution is -2.41. The number of nitrogens with zero attached hydrogens (tertiary/aromatic N) is 2. The molecule has 0 bridgehead atoms. The van der Waals surface area contributed by atoms with Gasteiger partial charge < -0.3 is 24.0 Å².